The fraction of sp³-hybridized carbons (Fsp3) is 0.536. The summed E-state index contributed by atoms with van der Waals surface area (Å²) in [4.78, 5) is 15.1. The molecule has 2 fully saturated rings. The van der Waals surface area contributed by atoms with Crippen LogP contribution in [0.1, 0.15) is 79.6 Å². The zero-order chi connectivity index (χ0) is 23.2. The second kappa shape index (κ2) is 11.1. The number of hydrogen-bond acceptors (Lipinski definition) is 4. The summed E-state index contributed by atoms with van der Waals surface area (Å²) < 4.78 is 12.0. The molecule has 1 N–H and O–H groups in total. The summed E-state index contributed by atoms with van der Waals surface area (Å²) >= 11 is 0. The van der Waals surface area contributed by atoms with Crippen molar-refractivity contribution < 1.29 is 14.3 Å². The fourth-order valence-corrected chi connectivity index (χ4v) is 5.36. The second-order valence-corrected chi connectivity index (χ2v) is 9.75. The van der Waals surface area contributed by atoms with Gasteiger partial charge in [0.1, 0.15) is 6.10 Å². The zero-order valence-electron chi connectivity index (χ0n) is 20.3. The highest BCUT2D eigenvalue weighted by molar-refractivity contribution is 6.04. The Labute approximate surface area is 198 Å². The van der Waals surface area contributed by atoms with Crippen LogP contribution in [0.3, 0.4) is 0 Å². The third kappa shape index (κ3) is 5.89. The topological polar surface area (TPSA) is 50.8 Å². The Hall–Kier alpha value is -2.53. The third-order valence-electron chi connectivity index (χ3n) is 7.28. The van der Waals surface area contributed by atoms with Gasteiger partial charge in [-0.1, -0.05) is 37.8 Å². The van der Waals surface area contributed by atoms with Crippen molar-refractivity contribution in [2.45, 2.75) is 75.9 Å². The lowest BCUT2D eigenvalue weighted by Gasteiger charge is -2.36. The number of carbonyl (C=O) groups excluding carboxylic acids is 1. The minimum atomic E-state index is -0.110. The van der Waals surface area contributed by atoms with Gasteiger partial charge < -0.3 is 19.7 Å². The van der Waals surface area contributed by atoms with E-state index < -0.39 is 0 Å². The molecule has 178 valence electrons. The van der Waals surface area contributed by atoms with Crippen LogP contribution >= 0.6 is 0 Å². The summed E-state index contributed by atoms with van der Waals surface area (Å²) in [7, 11) is 5.87. The SMILES string of the molecule is COc1cc(NC(=O)c2ccc(C3CCCCC3)cc2)ccc1O[C@H]1CCCC[C@@H]1N(C)C. The number of rotatable bonds is 7. The van der Waals surface area contributed by atoms with E-state index in [-0.39, 0.29) is 12.0 Å². The molecule has 2 saturated carbocycles. The molecular formula is C28H38N2O3. The molecule has 5 nitrogen and oxygen atoms in total. The van der Waals surface area contributed by atoms with E-state index in [0.29, 0.717) is 29.0 Å². The van der Waals surface area contributed by atoms with Crippen LogP contribution < -0.4 is 14.8 Å². The number of hydrogen-bond donors (Lipinski definition) is 1. The van der Waals surface area contributed by atoms with Gasteiger partial charge in [0.2, 0.25) is 0 Å². The number of amides is 1. The number of benzene rings is 2. The lowest BCUT2D eigenvalue weighted by Crippen LogP contribution is -2.44. The van der Waals surface area contributed by atoms with Crippen molar-refractivity contribution in [3.63, 3.8) is 0 Å². The van der Waals surface area contributed by atoms with E-state index in [4.69, 9.17) is 9.47 Å². The molecule has 0 heterocycles. The molecule has 0 radical (unpaired) electrons. The zero-order valence-corrected chi connectivity index (χ0v) is 20.3. The van der Waals surface area contributed by atoms with Gasteiger partial charge in [-0.2, -0.15) is 0 Å². The molecular weight excluding hydrogens is 412 g/mol. The van der Waals surface area contributed by atoms with E-state index in [1.54, 1.807) is 7.11 Å². The Morgan fingerprint density at radius 2 is 1.58 bits per heavy atom. The van der Waals surface area contributed by atoms with Crippen LogP contribution in [0.25, 0.3) is 0 Å². The Morgan fingerprint density at radius 1 is 0.879 bits per heavy atom. The quantitative estimate of drug-likeness (QED) is 0.542. The molecule has 2 atom stereocenters. The molecule has 5 heteroatoms. The Balaban J connectivity index is 1.41. The summed E-state index contributed by atoms with van der Waals surface area (Å²) in [6, 6.07) is 14.2. The molecule has 2 aliphatic carbocycles. The molecule has 2 aromatic carbocycles. The lowest BCUT2D eigenvalue weighted by molar-refractivity contribution is 0.0602. The van der Waals surface area contributed by atoms with E-state index in [1.807, 2.05) is 30.3 Å². The summed E-state index contributed by atoms with van der Waals surface area (Å²) in [5, 5.41) is 3.01. The smallest absolute Gasteiger partial charge is 0.255 e. The molecule has 0 aromatic heterocycles. The number of carbonyl (C=O) groups is 1. The van der Waals surface area contributed by atoms with Crippen LogP contribution in [0.15, 0.2) is 42.5 Å². The number of ether oxygens (including phenoxy) is 2. The first-order chi connectivity index (χ1) is 16.0. The second-order valence-electron chi connectivity index (χ2n) is 9.75. The van der Waals surface area contributed by atoms with E-state index in [9.17, 15) is 4.79 Å². The van der Waals surface area contributed by atoms with Crippen LogP contribution in [0.5, 0.6) is 11.5 Å². The molecule has 33 heavy (non-hydrogen) atoms. The van der Waals surface area contributed by atoms with E-state index in [2.05, 4.69) is 36.4 Å². The van der Waals surface area contributed by atoms with Gasteiger partial charge >= 0.3 is 0 Å². The van der Waals surface area contributed by atoms with Crippen molar-refractivity contribution in [1.29, 1.82) is 0 Å². The van der Waals surface area contributed by atoms with Crippen molar-refractivity contribution in [2.75, 3.05) is 26.5 Å². The number of nitrogens with zero attached hydrogens (tertiary/aromatic N) is 1. The molecule has 2 aromatic rings. The first kappa shape index (κ1) is 23.6. The Bertz CT molecular complexity index is 919. The highest BCUT2D eigenvalue weighted by atomic mass is 16.5. The average molecular weight is 451 g/mol. The molecule has 0 bridgehead atoms. The van der Waals surface area contributed by atoms with E-state index in [1.165, 1.54) is 50.5 Å². The lowest BCUT2D eigenvalue weighted by atomic mass is 9.84. The van der Waals surface area contributed by atoms with Gasteiger partial charge in [0, 0.05) is 23.4 Å². The van der Waals surface area contributed by atoms with Crippen molar-refractivity contribution >= 4 is 11.6 Å². The van der Waals surface area contributed by atoms with Crippen LogP contribution in [0, 0.1) is 0 Å². The minimum absolute atomic E-state index is 0.110. The fourth-order valence-electron chi connectivity index (χ4n) is 5.36. The molecule has 4 rings (SSSR count). The van der Waals surface area contributed by atoms with Gasteiger partial charge in [-0.05, 0) is 81.9 Å². The predicted molar refractivity (Wildman–Crippen MR) is 134 cm³/mol. The van der Waals surface area contributed by atoms with Gasteiger partial charge in [0.15, 0.2) is 11.5 Å². The maximum Gasteiger partial charge on any atom is 0.255 e. The molecule has 0 aliphatic heterocycles. The van der Waals surface area contributed by atoms with Crippen LogP contribution in [-0.2, 0) is 0 Å². The Kier molecular flexibility index (Phi) is 7.92. The molecule has 1 amide bonds. The van der Waals surface area contributed by atoms with Crippen molar-refractivity contribution in [3.8, 4) is 11.5 Å². The minimum Gasteiger partial charge on any atom is -0.493 e. The average Bonchev–Trinajstić information content (AvgIpc) is 2.85. The molecule has 0 spiro atoms. The molecule has 2 aliphatic rings. The number of methoxy groups -OCH3 is 1. The van der Waals surface area contributed by atoms with Crippen LogP contribution in [0.2, 0.25) is 0 Å². The van der Waals surface area contributed by atoms with Crippen molar-refractivity contribution in [3.05, 3.63) is 53.6 Å². The largest absolute Gasteiger partial charge is 0.493 e. The third-order valence-corrected chi connectivity index (χ3v) is 7.28. The first-order valence-electron chi connectivity index (χ1n) is 12.5. The summed E-state index contributed by atoms with van der Waals surface area (Å²) in [6.07, 6.45) is 11.3. The van der Waals surface area contributed by atoms with E-state index >= 15 is 0 Å². The standard InChI is InChI=1S/C28H38N2O3/c1-30(2)24-11-7-8-12-25(24)33-26-18-17-23(19-27(26)32-3)29-28(31)22-15-13-21(14-16-22)20-9-5-4-6-10-20/h13-20,24-25H,4-12H2,1-3H3,(H,29,31)/t24-,25-/m0/s1. The normalized spacial score (nSPS) is 21.6. The van der Waals surface area contributed by atoms with Crippen LogP contribution in [-0.4, -0.2) is 44.2 Å². The van der Waals surface area contributed by atoms with E-state index in [0.717, 1.165) is 18.6 Å². The van der Waals surface area contributed by atoms with Gasteiger partial charge in [-0.15, -0.1) is 0 Å². The van der Waals surface area contributed by atoms with Gasteiger partial charge in [-0.3, -0.25) is 4.79 Å². The highest BCUT2D eigenvalue weighted by Crippen LogP contribution is 2.35. The van der Waals surface area contributed by atoms with Gasteiger partial charge in [-0.25, -0.2) is 0 Å². The van der Waals surface area contributed by atoms with Crippen molar-refractivity contribution in [2.24, 2.45) is 0 Å². The van der Waals surface area contributed by atoms with Gasteiger partial charge in [0.05, 0.1) is 7.11 Å². The maximum absolute atomic E-state index is 12.8. The highest BCUT2D eigenvalue weighted by Gasteiger charge is 2.29. The van der Waals surface area contributed by atoms with Gasteiger partial charge in [0.25, 0.3) is 5.91 Å². The number of anilines is 1. The summed E-state index contributed by atoms with van der Waals surface area (Å²) in [5.41, 5.74) is 2.73. The predicted octanol–water partition coefficient (Wildman–Crippen LogP) is 6.25. The maximum atomic E-state index is 12.8. The number of likely N-dealkylation sites (N-methyl/N-ethyl adjacent to an activating group) is 1. The first-order valence-corrected chi connectivity index (χ1v) is 12.5. The molecule has 0 saturated heterocycles. The molecule has 0 unspecified atom stereocenters. The summed E-state index contributed by atoms with van der Waals surface area (Å²) in [5.74, 6) is 1.90. The Morgan fingerprint density at radius 3 is 2.27 bits per heavy atom. The van der Waals surface area contributed by atoms with Crippen molar-refractivity contribution in [1.82, 2.24) is 4.90 Å². The monoisotopic (exact) mass is 450 g/mol. The number of nitrogens with one attached hydrogen (secondary N) is 1. The van der Waals surface area contributed by atoms with Crippen LogP contribution in [0.4, 0.5) is 5.69 Å². The summed E-state index contributed by atoms with van der Waals surface area (Å²) in [6.45, 7) is 0.